The summed E-state index contributed by atoms with van der Waals surface area (Å²) in [5, 5.41) is 12.4. The van der Waals surface area contributed by atoms with Gasteiger partial charge in [0.05, 0.1) is 6.10 Å². The van der Waals surface area contributed by atoms with Crippen molar-refractivity contribution in [1.29, 1.82) is 0 Å². The minimum atomic E-state index is -0.257. The SMILES string of the molecule is CC(O)CCNc1ncnc2c1CCC2. The molecule has 1 aliphatic carbocycles. The summed E-state index contributed by atoms with van der Waals surface area (Å²) in [4.78, 5) is 8.51. The van der Waals surface area contributed by atoms with E-state index in [0.29, 0.717) is 0 Å². The van der Waals surface area contributed by atoms with E-state index in [4.69, 9.17) is 5.11 Å². The van der Waals surface area contributed by atoms with Crippen LogP contribution in [0.15, 0.2) is 6.33 Å². The minimum absolute atomic E-state index is 0.257. The lowest BCUT2D eigenvalue weighted by molar-refractivity contribution is 0.188. The van der Waals surface area contributed by atoms with Gasteiger partial charge in [0.25, 0.3) is 0 Å². The molecule has 0 aliphatic heterocycles. The monoisotopic (exact) mass is 207 g/mol. The van der Waals surface area contributed by atoms with Crippen molar-refractivity contribution in [2.24, 2.45) is 0 Å². The van der Waals surface area contributed by atoms with Crippen LogP contribution in [0, 0.1) is 0 Å². The Balaban J connectivity index is 2.00. The molecule has 15 heavy (non-hydrogen) atoms. The van der Waals surface area contributed by atoms with Gasteiger partial charge in [0.15, 0.2) is 0 Å². The summed E-state index contributed by atoms with van der Waals surface area (Å²) in [7, 11) is 0. The third kappa shape index (κ3) is 2.45. The summed E-state index contributed by atoms with van der Waals surface area (Å²) >= 11 is 0. The van der Waals surface area contributed by atoms with Gasteiger partial charge in [0, 0.05) is 17.8 Å². The van der Waals surface area contributed by atoms with Gasteiger partial charge >= 0.3 is 0 Å². The third-order valence-electron chi connectivity index (χ3n) is 2.73. The molecule has 0 saturated carbocycles. The van der Waals surface area contributed by atoms with Crippen molar-refractivity contribution in [3.8, 4) is 0 Å². The molecule has 0 amide bonds. The molecule has 0 bridgehead atoms. The largest absolute Gasteiger partial charge is 0.393 e. The number of aliphatic hydroxyl groups excluding tert-OH is 1. The standard InChI is InChI=1S/C11H17N3O/c1-8(15)5-6-12-11-9-3-2-4-10(9)13-7-14-11/h7-8,15H,2-6H2,1H3,(H,12,13,14). The van der Waals surface area contributed by atoms with Crippen LogP contribution in [0.1, 0.15) is 31.0 Å². The molecule has 1 atom stereocenters. The van der Waals surface area contributed by atoms with Crippen molar-refractivity contribution in [1.82, 2.24) is 9.97 Å². The van der Waals surface area contributed by atoms with E-state index in [-0.39, 0.29) is 6.10 Å². The second-order valence-electron chi connectivity index (χ2n) is 4.07. The number of hydrogen-bond donors (Lipinski definition) is 2. The molecule has 1 aliphatic rings. The maximum atomic E-state index is 9.15. The van der Waals surface area contributed by atoms with Crippen molar-refractivity contribution in [3.05, 3.63) is 17.6 Å². The maximum absolute atomic E-state index is 9.15. The molecule has 4 nitrogen and oxygen atoms in total. The Hall–Kier alpha value is -1.16. The van der Waals surface area contributed by atoms with E-state index in [1.54, 1.807) is 13.3 Å². The second kappa shape index (κ2) is 4.57. The van der Waals surface area contributed by atoms with Gasteiger partial charge < -0.3 is 10.4 Å². The molecule has 1 heterocycles. The Bertz CT molecular complexity index is 339. The first-order valence-electron chi connectivity index (χ1n) is 5.52. The van der Waals surface area contributed by atoms with Gasteiger partial charge in [-0.1, -0.05) is 0 Å². The number of anilines is 1. The fraction of sp³-hybridized carbons (Fsp3) is 0.636. The predicted octanol–water partition coefficient (Wildman–Crippen LogP) is 1.15. The van der Waals surface area contributed by atoms with Crippen molar-refractivity contribution >= 4 is 5.82 Å². The van der Waals surface area contributed by atoms with Gasteiger partial charge in [-0.2, -0.15) is 0 Å². The molecular weight excluding hydrogens is 190 g/mol. The van der Waals surface area contributed by atoms with Crippen LogP contribution in [0.3, 0.4) is 0 Å². The van der Waals surface area contributed by atoms with Crippen molar-refractivity contribution in [2.75, 3.05) is 11.9 Å². The highest BCUT2D eigenvalue weighted by atomic mass is 16.3. The average Bonchev–Trinajstić information content (AvgIpc) is 2.65. The van der Waals surface area contributed by atoms with Crippen molar-refractivity contribution < 1.29 is 5.11 Å². The Labute approximate surface area is 89.8 Å². The summed E-state index contributed by atoms with van der Waals surface area (Å²) in [5.74, 6) is 0.957. The summed E-state index contributed by atoms with van der Waals surface area (Å²) < 4.78 is 0. The van der Waals surface area contributed by atoms with Crippen LogP contribution in [-0.2, 0) is 12.8 Å². The van der Waals surface area contributed by atoms with E-state index in [1.807, 2.05) is 0 Å². The van der Waals surface area contributed by atoms with E-state index >= 15 is 0 Å². The lowest BCUT2D eigenvalue weighted by Gasteiger charge is -2.10. The van der Waals surface area contributed by atoms with Crippen LogP contribution in [0.25, 0.3) is 0 Å². The zero-order valence-electron chi connectivity index (χ0n) is 9.03. The van der Waals surface area contributed by atoms with Gasteiger partial charge in [0.1, 0.15) is 12.1 Å². The highest BCUT2D eigenvalue weighted by molar-refractivity contribution is 5.47. The number of fused-ring (bicyclic) bond motifs is 1. The van der Waals surface area contributed by atoms with E-state index in [0.717, 1.165) is 31.6 Å². The molecular formula is C11H17N3O. The molecule has 0 fully saturated rings. The Morgan fingerprint density at radius 2 is 2.33 bits per heavy atom. The quantitative estimate of drug-likeness (QED) is 0.777. The molecule has 1 unspecified atom stereocenters. The van der Waals surface area contributed by atoms with Crippen LogP contribution in [0.2, 0.25) is 0 Å². The number of aliphatic hydroxyl groups is 1. The van der Waals surface area contributed by atoms with Gasteiger partial charge in [-0.25, -0.2) is 9.97 Å². The first-order valence-corrected chi connectivity index (χ1v) is 5.52. The fourth-order valence-corrected chi connectivity index (χ4v) is 1.91. The molecule has 1 aromatic rings. The van der Waals surface area contributed by atoms with Crippen LogP contribution < -0.4 is 5.32 Å². The second-order valence-corrected chi connectivity index (χ2v) is 4.07. The normalized spacial score (nSPS) is 16.1. The van der Waals surface area contributed by atoms with Crippen LogP contribution in [0.5, 0.6) is 0 Å². The van der Waals surface area contributed by atoms with Crippen LogP contribution >= 0.6 is 0 Å². The molecule has 82 valence electrons. The first-order chi connectivity index (χ1) is 7.27. The molecule has 0 saturated heterocycles. The summed E-state index contributed by atoms with van der Waals surface area (Å²) in [6.45, 7) is 2.56. The fourth-order valence-electron chi connectivity index (χ4n) is 1.91. The van der Waals surface area contributed by atoms with Crippen molar-refractivity contribution in [2.45, 2.75) is 38.7 Å². The van der Waals surface area contributed by atoms with Gasteiger partial charge in [-0.3, -0.25) is 0 Å². The smallest absolute Gasteiger partial charge is 0.132 e. The van der Waals surface area contributed by atoms with Crippen LogP contribution in [-0.4, -0.2) is 27.7 Å². The zero-order valence-corrected chi connectivity index (χ0v) is 9.03. The molecule has 4 heteroatoms. The van der Waals surface area contributed by atoms with Crippen LogP contribution in [0.4, 0.5) is 5.82 Å². The Morgan fingerprint density at radius 1 is 1.47 bits per heavy atom. The van der Waals surface area contributed by atoms with E-state index in [2.05, 4.69) is 15.3 Å². The number of aromatic nitrogens is 2. The summed E-state index contributed by atoms with van der Waals surface area (Å²) in [6, 6.07) is 0. The van der Waals surface area contributed by atoms with E-state index in [9.17, 15) is 0 Å². The lowest BCUT2D eigenvalue weighted by atomic mass is 10.2. The van der Waals surface area contributed by atoms with Crippen molar-refractivity contribution in [3.63, 3.8) is 0 Å². The Kier molecular flexibility index (Phi) is 3.16. The Morgan fingerprint density at radius 3 is 3.13 bits per heavy atom. The number of rotatable bonds is 4. The molecule has 0 radical (unpaired) electrons. The highest BCUT2D eigenvalue weighted by Crippen LogP contribution is 2.24. The molecule has 2 N–H and O–H groups in total. The molecule has 2 rings (SSSR count). The topological polar surface area (TPSA) is 58.0 Å². The zero-order chi connectivity index (χ0) is 10.7. The van der Waals surface area contributed by atoms with Gasteiger partial charge in [-0.05, 0) is 32.6 Å². The number of nitrogens with zero attached hydrogens (tertiary/aromatic N) is 2. The highest BCUT2D eigenvalue weighted by Gasteiger charge is 2.16. The average molecular weight is 207 g/mol. The van der Waals surface area contributed by atoms with Gasteiger partial charge in [-0.15, -0.1) is 0 Å². The third-order valence-corrected chi connectivity index (χ3v) is 2.73. The lowest BCUT2D eigenvalue weighted by Crippen LogP contribution is -2.12. The first kappa shape index (κ1) is 10.4. The minimum Gasteiger partial charge on any atom is -0.393 e. The number of nitrogens with one attached hydrogen (secondary N) is 1. The van der Waals surface area contributed by atoms with E-state index in [1.165, 1.54) is 17.7 Å². The van der Waals surface area contributed by atoms with E-state index < -0.39 is 0 Å². The maximum Gasteiger partial charge on any atom is 0.132 e. The number of aryl methyl sites for hydroxylation is 1. The molecule has 0 aromatic carbocycles. The summed E-state index contributed by atoms with van der Waals surface area (Å²) in [5.41, 5.74) is 2.45. The summed E-state index contributed by atoms with van der Waals surface area (Å²) in [6.07, 6.45) is 5.44. The number of hydrogen-bond acceptors (Lipinski definition) is 4. The predicted molar refractivity (Wildman–Crippen MR) is 58.8 cm³/mol. The van der Waals surface area contributed by atoms with Gasteiger partial charge in [0.2, 0.25) is 0 Å². The molecule has 1 aromatic heterocycles. The molecule has 0 spiro atoms.